The summed E-state index contributed by atoms with van der Waals surface area (Å²) in [4.78, 5) is 6.31. The Balaban J connectivity index is 2.37. The largest absolute Gasteiger partial charge is 0.329 e. The van der Waals surface area contributed by atoms with Crippen molar-refractivity contribution in [3.8, 4) is 0 Å². The molecule has 0 spiro atoms. The molecule has 1 heterocycles. The molecule has 0 atom stereocenters. The minimum absolute atomic E-state index is 0.242. The van der Waals surface area contributed by atoms with Gasteiger partial charge in [-0.3, -0.25) is 0 Å². The van der Waals surface area contributed by atoms with Crippen LogP contribution in [0.2, 0.25) is 0 Å². The first-order valence-corrected chi connectivity index (χ1v) is 6.74. The van der Waals surface area contributed by atoms with Gasteiger partial charge < -0.3 is 4.90 Å². The Morgan fingerprint density at radius 1 is 1.33 bits per heavy atom. The van der Waals surface area contributed by atoms with Gasteiger partial charge in [-0.25, -0.2) is 9.37 Å². The molecule has 2 aromatic rings. The fourth-order valence-corrected chi connectivity index (χ4v) is 2.16. The van der Waals surface area contributed by atoms with Crippen molar-refractivity contribution in [2.24, 2.45) is 0 Å². The van der Waals surface area contributed by atoms with Crippen molar-refractivity contribution >= 4 is 27.4 Å². The molecule has 0 radical (unpaired) electrons. The molecule has 1 aromatic carbocycles. The monoisotopic (exact) mass is 308 g/mol. The van der Waals surface area contributed by atoms with Crippen molar-refractivity contribution in [2.75, 3.05) is 11.9 Å². The van der Waals surface area contributed by atoms with Crippen molar-refractivity contribution < 1.29 is 4.39 Å². The van der Waals surface area contributed by atoms with E-state index in [9.17, 15) is 4.39 Å². The second kappa shape index (κ2) is 5.48. The molecule has 1 aromatic heterocycles. The summed E-state index contributed by atoms with van der Waals surface area (Å²) in [7, 11) is 1.89. The zero-order valence-corrected chi connectivity index (χ0v) is 11.9. The average Bonchev–Trinajstić information content (AvgIpc) is 2.37. The van der Waals surface area contributed by atoms with E-state index in [1.807, 2.05) is 31.1 Å². The SMILES string of the molecule is Cc1cc(CBr)cnc1N(C)c1cccc(F)c1. The van der Waals surface area contributed by atoms with Crippen LogP contribution in [-0.2, 0) is 5.33 Å². The molecule has 0 N–H and O–H groups in total. The highest BCUT2D eigenvalue weighted by Crippen LogP contribution is 2.25. The molecule has 4 heteroatoms. The average molecular weight is 309 g/mol. The summed E-state index contributed by atoms with van der Waals surface area (Å²) >= 11 is 3.40. The van der Waals surface area contributed by atoms with Crippen LogP contribution < -0.4 is 4.90 Å². The molecule has 94 valence electrons. The van der Waals surface area contributed by atoms with Gasteiger partial charge in [-0.1, -0.05) is 28.1 Å². The Kier molecular flexibility index (Phi) is 3.97. The van der Waals surface area contributed by atoms with Crippen molar-refractivity contribution in [1.82, 2.24) is 4.98 Å². The van der Waals surface area contributed by atoms with Gasteiger partial charge in [-0.2, -0.15) is 0 Å². The molecule has 0 aliphatic carbocycles. The molecule has 0 amide bonds. The second-order valence-electron chi connectivity index (χ2n) is 4.16. The molecule has 2 nitrogen and oxygen atoms in total. The minimum atomic E-state index is -0.242. The van der Waals surface area contributed by atoms with E-state index in [0.29, 0.717) is 0 Å². The maximum absolute atomic E-state index is 13.2. The zero-order chi connectivity index (χ0) is 13.1. The summed E-state index contributed by atoms with van der Waals surface area (Å²) in [6.07, 6.45) is 1.83. The highest BCUT2D eigenvalue weighted by atomic mass is 79.9. The Bertz CT molecular complexity index is 557. The molecule has 0 aliphatic rings. The van der Waals surface area contributed by atoms with Crippen LogP contribution >= 0.6 is 15.9 Å². The van der Waals surface area contributed by atoms with Gasteiger partial charge in [0.1, 0.15) is 11.6 Å². The van der Waals surface area contributed by atoms with Gasteiger partial charge in [0.25, 0.3) is 0 Å². The van der Waals surface area contributed by atoms with E-state index in [1.54, 1.807) is 6.07 Å². The molecular weight excluding hydrogens is 295 g/mol. The summed E-state index contributed by atoms with van der Waals surface area (Å²) in [5.41, 5.74) is 2.99. The van der Waals surface area contributed by atoms with E-state index >= 15 is 0 Å². The Hall–Kier alpha value is -1.42. The minimum Gasteiger partial charge on any atom is -0.329 e. The van der Waals surface area contributed by atoms with Crippen LogP contribution in [-0.4, -0.2) is 12.0 Å². The molecule has 0 unspecified atom stereocenters. The number of aromatic nitrogens is 1. The van der Waals surface area contributed by atoms with Gasteiger partial charge >= 0.3 is 0 Å². The molecule has 18 heavy (non-hydrogen) atoms. The number of hydrogen-bond donors (Lipinski definition) is 0. The summed E-state index contributed by atoms with van der Waals surface area (Å²) in [6.45, 7) is 2.00. The molecule has 0 saturated heterocycles. The zero-order valence-electron chi connectivity index (χ0n) is 10.3. The van der Waals surface area contributed by atoms with E-state index in [-0.39, 0.29) is 5.82 Å². The van der Waals surface area contributed by atoms with Crippen molar-refractivity contribution in [2.45, 2.75) is 12.3 Å². The normalized spacial score (nSPS) is 10.4. The Morgan fingerprint density at radius 2 is 2.11 bits per heavy atom. The topological polar surface area (TPSA) is 16.1 Å². The third-order valence-corrected chi connectivity index (χ3v) is 3.42. The summed E-state index contributed by atoms with van der Waals surface area (Å²) in [5, 5.41) is 0.783. The summed E-state index contributed by atoms with van der Waals surface area (Å²) < 4.78 is 13.2. The lowest BCUT2D eigenvalue weighted by Crippen LogP contribution is -2.13. The lowest BCUT2D eigenvalue weighted by atomic mass is 10.2. The third-order valence-electron chi connectivity index (χ3n) is 2.77. The molecule has 0 aliphatic heterocycles. The number of aryl methyl sites for hydroxylation is 1. The van der Waals surface area contributed by atoms with Crippen molar-refractivity contribution in [1.29, 1.82) is 0 Å². The van der Waals surface area contributed by atoms with Gasteiger partial charge in [-0.05, 0) is 36.2 Å². The van der Waals surface area contributed by atoms with E-state index in [2.05, 4.69) is 27.0 Å². The van der Waals surface area contributed by atoms with Crippen LogP contribution in [0, 0.1) is 12.7 Å². The van der Waals surface area contributed by atoms with Crippen LogP contribution in [0.5, 0.6) is 0 Å². The number of pyridine rings is 1. The van der Waals surface area contributed by atoms with Gasteiger partial charge in [0.05, 0.1) is 0 Å². The predicted octanol–water partition coefficient (Wildman–Crippen LogP) is 4.19. The van der Waals surface area contributed by atoms with Crippen LogP contribution in [0.4, 0.5) is 15.9 Å². The molecular formula is C14H14BrFN2. The van der Waals surface area contributed by atoms with E-state index in [4.69, 9.17) is 0 Å². The second-order valence-corrected chi connectivity index (χ2v) is 4.72. The number of nitrogens with zero attached hydrogens (tertiary/aromatic N) is 2. The quantitative estimate of drug-likeness (QED) is 0.790. The predicted molar refractivity (Wildman–Crippen MR) is 76.1 cm³/mol. The standard InChI is InChI=1S/C14H14BrFN2/c1-10-6-11(8-15)9-17-14(10)18(2)13-5-3-4-12(16)7-13/h3-7,9H,8H2,1-2H3. The van der Waals surface area contributed by atoms with Crippen LogP contribution in [0.25, 0.3) is 0 Å². The van der Waals surface area contributed by atoms with Crippen LogP contribution in [0.1, 0.15) is 11.1 Å². The Morgan fingerprint density at radius 3 is 2.72 bits per heavy atom. The van der Waals surface area contributed by atoms with E-state index < -0.39 is 0 Å². The van der Waals surface area contributed by atoms with Crippen molar-refractivity contribution in [3.05, 3.63) is 53.5 Å². The smallest absolute Gasteiger partial charge is 0.135 e. The number of hydrogen-bond acceptors (Lipinski definition) is 2. The van der Waals surface area contributed by atoms with Crippen LogP contribution in [0.15, 0.2) is 36.5 Å². The van der Waals surface area contributed by atoms with Gasteiger partial charge in [0, 0.05) is 24.3 Å². The third kappa shape index (κ3) is 2.70. The highest BCUT2D eigenvalue weighted by molar-refractivity contribution is 9.08. The summed E-state index contributed by atoms with van der Waals surface area (Å²) in [6, 6.07) is 8.57. The van der Waals surface area contributed by atoms with Gasteiger partial charge in [0.15, 0.2) is 0 Å². The number of halogens is 2. The number of alkyl halides is 1. The molecule has 0 fully saturated rings. The molecule has 0 saturated carbocycles. The lowest BCUT2D eigenvalue weighted by Gasteiger charge is -2.20. The molecule has 2 rings (SSSR count). The first kappa shape index (κ1) is 13.0. The first-order valence-electron chi connectivity index (χ1n) is 5.62. The van der Waals surface area contributed by atoms with E-state index in [1.165, 1.54) is 12.1 Å². The Labute approximate surface area is 115 Å². The maximum atomic E-state index is 13.2. The van der Waals surface area contributed by atoms with Crippen molar-refractivity contribution in [3.63, 3.8) is 0 Å². The number of rotatable bonds is 3. The lowest BCUT2D eigenvalue weighted by molar-refractivity contribution is 0.628. The van der Waals surface area contributed by atoms with Gasteiger partial charge in [-0.15, -0.1) is 0 Å². The fraction of sp³-hybridized carbons (Fsp3) is 0.214. The van der Waals surface area contributed by atoms with E-state index in [0.717, 1.165) is 28.0 Å². The number of anilines is 2. The maximum Gasteiger partial charge on any atom is 0.135 e. The first-order chi connectivity index (χ1) is 8.61. The number of benzene rings is 1. The van der Waals surface area contributed by atoms with Gasteiger partial charge in [0.2, 0.25) is 0 Å². The van der Waals surface area contributed by atoms with Crippen LogP contribution in [0.3, 0.4) is 0 Å². The fourth-order valence-electron chi connectivity index (χ4n) is 1.86. The summed E-state index contributed by atoms with van der Waals surface area (Å²) in [5.74, 6) is 0.597. The molecule has 0 bridgehead atoms. The highest BCUT2D eigenvalue weighted by Gasteiger charge is 2.09.